The predicted molar refractivity (Wildman–Crippen MR) is 87.4 cm³/mol. The second-order valence-corrected chi connectivity index (χ2v) is 4.88. The third-order valence-electron chi connectivity index (χ3n) is 3.24. The number of aromatic nitrogens is 2. The van der Waals surface area contributed by atoms with E-state index < -0.39 is 5.91 Å². The van der Waals surface area contributed by atoms with Gasteiger partial charge < -0.3 is 16.2 Å². The first-order valence-electron chi connectivity index (χ1n) is 6.91. The molecule has 0 radical (unpaired) electrons. The van der Waals surface area contributed by atoms with Crippen molar-refractivity contribution in [2.75, 3.05) is 5.32 Å². The van der Waals surface area contributed by atoms with E-state index in [-0.39, 0.29) is 5.75 Å². The second kappa shape index (κ2) is 6.15. The first kappa shape index (κ1) is 14.5. The molecular formula is C17H14N4O2. The molecule has 3 aromatic rings. The van der Waals surface area contributed by atoms with Crippen molar-refractivity contribution in [3.05, 3.63) is 66.4 Å². The molecule has 2 aromatic carbocycles. The standard InChI is InChI=1S/C17H14N4O2/c18-16(23)12-1-5-13(6-2-12)20-17-19-10-9-15(21-17)11-3-7-14(22)8-4-11/h1-10,22H,(H2,18,23)(H,19,20,21). The molecule has 0 saturated carbocycles. The molecule has 0 spiro atoms. The van der Waals surface area contributed by atoms with Gasteiger partial charge in [-0.25, -0.2) is 9.97 Å². The molecule has 23 heavy (non-hydrogen) atoms. The molecule has 6 nitrogen and oxygen atoms in total. The molecular weight excluding hydrogens is 292 g/mol. The minimum absolute atomic E-state index is 0.204. The van der Waals surface area contributed by atoms with Crippen LogP contribution < -0.4 is 11.1 Å². The Morgan fingerprint density at radius 3 is 2.35 bits per heavy atom. The number of nitrogens with two attached hydrogens (primary N) is 1. The van der Waals surface area contributed by atoms with Crippen molar-refractivity contribution in [3.63, 3.8) is 0 Å². The monoisotopic (exact) mass is 306 g/mol. The van der Waals surface area contributed by atoms with Crippen LogP contribution in [-0.4, -0.2) is 21.0 Å². The summed E-state index contributed by atoms with van der Waals surface area (Å²) in [5.74, 6) is 0.167. The van der Waals surface area contributed by atoms with Gasteiger partial charge in [0.2, 0.25) is 11.9 Å². The van der Waals surface area contributed by atoms with Crippen molar-refractivity contribution < 1.29 is 9.90 Å². The average Bonchev–Trinajstić information content (AvgIpc) is 2.56. The number of primary amides is 1. The summed E-state index contributed by atoms with van der Waals surface area (Å²) in [6.45, 7) is 0. The predicted octanol–water partition coefficient (Wildman–Crippen LogP) is 2.69. The number of hydrogen-bond donors (Lipinski definition) is 3. The fraction of sp³-hybridized carbons (Fsp3) is 0. The lowest BCUT2D eigenvalue weighted by Gasteiger charge is -2.07. The van der Waals surface area contributed by atoms with Crippen molar-refractivity contribution in [1.29, 1.82) is 0 Å². The molecule has 4 N–H and O–H groups in total. The first-order valence-corrected chi connectivity index (χ1v) is 6.91. The van der Waals surface area contributed by atoms with Crippen molar-refractivity contribution in [2.24, 2.45) is 5.73 Å². The van der Waals surface area contributed by atoms with E-state index in [1.807, 2.05) is 0 Å². The minimum atomic E-state index is -0.470. The number of hydrogen-bond acceptors (Lipinski definition) is 5. The van der Waals surface area contributed by atoms with Crippen molar-refractivity contribution in [3.8, 4) is 17.0 Å². The molecule has 114 valence electrons. The Hall–Kier alpha value is -3.41. The van der Waals surface area contributed by atoms with Gasteiger partial charge in [-0.15, -0.1) is 0 Å². The maximum absolute atomic E-state index is 11.1. The van der Waals surface area contributed by atoms with Crippen LogP contribution in [0.1, 0.15) is 10.4 Å². The minimum Gasteiger partial charge on any atom is -0.508 e. The molecule has 0 aliphatic rings. The highest BCUT2D eigenvalue weighted by Crippen LogP contribution is 2.21. The number of aromatic hydroxyl groups is 1. The molecule has 0 saturated heterocycles. The Balaban J connectivity index is 1.82. The summed E-state index contributed by atoms with van der Waals surface area (Å²) < 4.78 is 0. The second-order valence-electron chi connectivity index (χ2n) is 4.88. The van der Waals surface area contributed by atoms with Gasteiger partial charge in [0.15, 0.2) is 0 Å². The Labute approximate surface area is 132 Å². The van der Waals surface area contributed by atoms with Gasteiger partial charge in [0.25, 0.3) is 0 Å². The molecule has 1 aromatic heterocycles. The third kappa shape index (κ3) is 3.44. The smallest absolute Gasteiger partial charge is 0.248 e. The molecule has 0 bridgehead atoms. The zero-order valence-electron chi connectivity index (χ0n) is 12.1. The maximum Gasteiger partial charge on any atom is 0.248 e. The van der Waals surface area contributed by atoms with Crippen LogP contribution in [0.15, 0.2) is 60.8 Å². The van der Waals surface area contributed by atoms with Crippen LogP contribution in [0.5, 0.6) is 5.75 Å². The van der Waals surface area contributed by atoms with Gasteiger partial charge in [-0.1, -0.05) is 0 Å². The lowest BCUT2D eigenvalue weighted by molar-refractivity contribution is 0.100. The summed E-state index contributed by atoms with van der Waals surface area (Å²) in [7, 11) is 0. The maximum atomic E-state index is 11.1. The molecule has 1 amide bonds. The fourth-order valence-electron chi connectivity index (χ4n) is 2.06. The Morgan fingerprint density at radius 2 is 1.70 bits per heavy atom. The van der Waals surface area contributed by atoms with E-state index in [0.29, 0.717) is 11.5 Å². The van der Waals surface area contributed by atoms with Crippen LogP contribution in [-0.2, 0) is 0 Å². The van der Waals surface area contributed by atoms with Crippen LogP contribution in [0.25, 0.3) is 11.3 Å². The highest BCUT2D eigenvalue weighted by atomic mass is 16.3. The average molecular weight is 306 g/mol. The van der Waals surface area contributed by atoms with Gasteiger partial charge in [-0.05, 0) is 54.6 Å². The number of nitrogens with zero attached hydrogens (tertiary/aromatic N) is 2. The van der Waals surface area contributed by atoms with Crippen LogP contribution >= 0.6 is 0 Å². The molecule has 1 heterocycles. The zero-order chi connectivity index (χ0) is 16.2. The number of carbonyl (C=O) groups is 1. The molecule has 6 heteroatoms. The molecule has 0 atom stereocenters. The quantitative estimate of drug-likeness (QED) is 0.688. The van der Waals surface area contributed by atoms with Crippen molar-refractivity contribution in [2.45, 2.75) is 0 Å². The summed E-state index contributed by atoms with van der Waals surface area (Å²) in [5.41, 5.74) is 8.00. The third-order valence-corrected chi connectivity index (χ3v) is 3.24. The summed E-state index contributed by atoms with van der Waals surface area (Å²) >= 11 is 0. The normalized spacial score (nSPS) is 10.3. The number of anilines is 2. The van der Waals surface area contributed by atoms with E-state index in [4.69, 9.17) is 5.73 Å². The van der Waals surface area contributed by atoms with E-state index in [9.17, 15) is 9.90 Å². The molecule has 0 fully saturated rings. The topological polar surface area (TPSA) is 101 Å². The van der Waals surface area contributed by atoms with Gasteiger partial charge >= 0.3 is 0 Å². The van der Waals surface area contributed by atoms with Crippen LogP contribution in [0.4, 0.5) is 11.6 Å². The van der Waals surface area contributed by atoms with E-state index in [1.54, 1.807) is 60.8 Å². The van der Waals surface area contributed by atoms with E-state index >= 15 is 0 Å². The summed E-state index contributed by atoms with van der Waals surface area (Å²) in [6.07, 6.45) is 1.65. The van der Waals surface area contributed by atoms with E-state index in [1.165, 1.54) is 0 Å². The Bertz CT molecular complexity index is 830. The zero-order valence-corrected chi connectivity index (χ0v) is 12.1. The van der Waals surface area contributed by atoms with Crippen molar-refractivity contribution >= 4 is 17.5 Å². The number of rotatable bonds is 4. The molecule has 3 rings (SSSR count). The van der Waals surface area contributed by atoms with Gasteiger partial charge in [0, 0.05) is 23.0 Å². The number of carbonyl (C=O) groups excluding carboxylic acids is 1. The Morgan fingerprint density at radius 1 is 1.00 bits per heavy atom. The number of phenolic OH excluding ortho intramolecular Hbond substituents is 1. The summed E-state index contributed by atoms with van der Waals surface area (Å²) in [6, 6.07) is 15.3. The fourth-order valence-corrected chi connectivity index (χ4v) is 2.06. The van der Waals surface area contributed by atoms with Gasteiger partial charge in [-0.2, -0.15) is 0 Å². The molecule has 0 unspecified atom stereocenters. The van der Waals surface area contributed by atoms with Gasteiger partial charge in [-0.3, -0.25) is 4.79 Å². The van der Waals surface area contributed by atoms with Crippen LogP contribution in [0, 0.1) is 0 Å². The number of amides is 1. The molecule has 0 aliphatic carbocycles. The van der Waals surface area contributed by atoms with Crippen LogP contribution in [0.2, 0.25) is 0 Å². The van der Waals surface area contributed by atoms with E-state index in [0.717, 1.165) is 16.9 Å². The molecule has 0 aliphatic heterocycles. The number of benzene rings is 2. The van der Waals surface area contributed by atoms with Crippen LogP contribution in [0.3, 0.4) is 0 Å². The summed E-state index contributed by atoms with van der Waals surface area (Å²) in [5, 5.41) is 12.4. The highest BCUT2D eigenvalue weighted by Gasteiger charge is 2.04. The number of phenols is 1. The summed E-state index contributed by atoms with van der Waals surface area (Å²) in [4.78, 5) is 19.7. The highest BCUT2D eigenvalue weighted by molar-refractivity contribution is 5.93. The van der Waals surface area contributed by atoms with Crippen molar-refractivity contribution in [1.82, 2.24) is 9.97 Å². The number of nitrogens with one attached hydrogen (secondary N) is 1. The largest absolute Gasteiger partial charge is 0.508 e. The van der Waals surface area contributed by atoms with E-state index in [2.05, 4.69) is 15.3 Å². The van der Waals surface area contributed by atoms with Gasteiger partial charge in [0.05, 0.1) is 5.69 Å². The Kier molecular flexibility index (Phi) is 3.88. The van der Waals surface area contributed by atoms with Gasteiger partial charge in [0.1, 0.15) is 5.75 Å². The lowest BCUT2D eigenvalue weighted by atomic mass is 10.1. The SMILES string of the molecule is NC(=O)c1ccc(Nc2nccc(-c3ccc(O)cc3)n2)cc1. The first-order chi connectivity index (χ1) is 11.1. The lowest BCUT2D eigenvalue weighted by Crippen LogP contribution is -2.10.